The summed E-state index contributed by atoms with van der Waals surface area (Å²) in [5, 5.41) is 11.0. The van der Waals surface area contributed by atoms with Crippen molar-refractivity contribution in [2.24, 2.45) is 0 Å². The summed E-state index contributed by atoms with van der Waals surface area (Å²) >= 11 is 0. The normalized spacial score (nSPS) is 10.4. The van der Waals surface area contributed by atoms with Crippen molar-refractivity contribution in [2.75, 3.05) is 5.32 Å². The van der Waals surface area contributed by atoms with Gasteiger partial charge in [-0.3, -0.25) is 0 Å². The quantitative estimate of drug-likeness (QED) is 0.668. The molecule has 2 aromatic carbocycles. The van der Waals surface area contributed by atoms with Gasteiger partial charge >= 0.3 is 5.97 Å². The highest BCUT2D eigenvalue weighted by molar-refractivity contribution is 5.95. The topological polar surface area (TPSA) is 49.3 Å². The van der Waals surface area contributed by atoms with Crippen LogP contribution in [0.25, 0.3) is 0 Å². The number of benzene rings is 2. The maximum Gasteiger partial charge on any atom is 0.337 e. The van der Waals surface area contributed by atoms with Crippen molar-refractivity contribution < 1.29 is 27.5 Å². The predicted octanol–water partition coefficient (Wildman–Crippen LogP) is 3.68. The Morgan fingerprint density at radius 1 is 0.950 bits per heavy atom. The Morgan fingerprint density at radius 3 is 2.30 bits per heavy atom. The van der Waals surface area contributed by atoms with Crippen molar-refractivity contribution >= 4 is 17.3 Å². The predicted molar refractivity (Wildman–Crippen MR) is 63.0 cm³/mol. The molecule has 0 atom stereocenters. The third kappa shape index (κ3) is 2.42. The zero-order valence-electron chi connectivity index (χ0n) is 9.75. The van der Waals surface area contributed by atoms with Crippen LogP contribution in [0.5, 0.6) is 0 Å². The molecule has 0 aliphatic rings. The molecule has 2 aromatic rings. The summed E-state index contributed by atoms with van der Waals surface area (Å²) in [5.41, 5.74) is -1.57. The van der Waals surface area contributed by atoms with E-state index in [4.69, 9.17) is 5.11 Å². The molecular formula is C13H7F4NO2. The van der Waals surface area contributed by atoms with Crippen molar-refractivity contribution in [3.8, 4) is 0 Å². The minimum absolute atomic E-state index is 0.464. The Labute approximate surface area is 110 Å². The molecule has 2 rings (SSSR count). The van der Waals surface area contributed by atoms with Gasteiger partial charge in [0.05, 0.1) is 16.9 Å². The Kier molecular flexibility index (Phi) is 3.60. The molecule has 0 bridgehead atoms. The first-order valence-electron chi connectivity index (χ1n) is 5.34. The summed E-state index contributed by atoms with van der Waals surface area (Å²) in [4.78, 5) is 10.9. The standard InChI is InChI=1S/C13H7F4NO2/c14-7-4-5-9(11(17)10(7)16)18-12-6(13(19)20)2-1-3-8(12)15/h1-5,18H,(H,19,20). The van der Waals surface area contributed by atoms with Crippen LogP contribution in [-0.4, -0.2) is 11.1 Å². The minimum atomic E-state index is -1.73. The molecule has 2 N–H and O–H groups in total. The maximum absolute atomic E-state index is 13.6. The lowest BCUT2D eigenvalue weighted by Gasteiger charge is -2.11. The van der Waals surface area contributed by atoms with Crippen LogP contribution in [0.15, 0.2) is 30.3 Å². The molecule has 0 radical (unpaired) electrons. The smallest absolute Gasteiger partial charge is 0.337 e. The SMILES string of the molecule is O=C(O)c1cccc(F)c1Nc1ccc(F)c(F)c1F. The average Bonchev–Trinajstić information content (AvgIpc) is 2.41. The zero-order valence-corrected chi connectivity index (χ0v) is 9.75. The molecule has 0 aliphatic heterocycles. The first-order valence-corrected chi connectivity index (χ1v) is 5.34. The van der Waals surface area contributed by atoms with Crippen molar-refractivity contribution in [1.29, 1.82) is 0 Å². The van der Waals surface area contributed by atoms with Gasteiger partial charge in [0, 0.05) is 0 Å². The van der Waals surface area contributed by atoms with Gasteiger partial charge in [0.15, 0.2) is 17.5 Å². The summed E-state index contributed by atoms with van der Waals surface area (Å²) in [5.74, 6) is -7.11. The van der Waals surface area contributed by atoms with Gasteiger partial charge in [-0.15, -0.1) is 0 Å². The van der Waals surface area contributed by atoms with Crippen LogP contribution < -0.4 is 5.32 Å². The molecule has 0 spiro atoms. The second kappa shape index (κ2) is 5.20. The summed E-state index contributed by atoms with van der Waals surface area (Å²) in [7, 11) is 0. The highest BCUT2D eigenvalue weighted by Crippen LogP contribution is 2.27. The van der Waals surface area contributed by atoms with Crippen LogP contribution in [0.3, 0.4) is 0 Å². The fourth-order valence-corrected chi connectivity index (χ4v) is 1.59. The van der Waals surface area contributed by atoms with Gasteiger partial charge in [0.25, 0.3) is 0 Å². The van der Waals surface area contributed by atoms with E-state index < -0.39 is 46.2 Å². The molecular weight excluding hydrogens is 278 g/mol. The third-order valence-corrected chi connectivity index (χ3v) is 2.54. The van der Waals surface area contributed by atoms with Crippen molar-refractivity contribution in [3.05, 3.63) is 59.2 Å². The van der Waals surface area contributed by atoms with Crippen LogP contribution in [0.4, 0.5) is 28.9 Å². The monoisotopic (exact) mass is 285 g/mol. The van der Waals surface area contributed by atoms with Crippen molar-refractivity contribution in [3.63, 3.8) is 0 Å². The third-order valence-electron chi connectivity index (χ3n) is 2.54. The van der Waals surface area contributed by atoms with Gasteiger partial charge in [0.2, 0.25) is 0 Å². The Morgan fingerprint density at radius 2 is 1.65 bits per heavy atom. The van der Waals surface area contributed by atoms with Gasteiger partial charge in [-0.2, -0.15) is 0 Å². The molecule has 0 amide bonds. The number of aromatic carboxylic acids is 1. The number of rotatable bonds is 3. The molecule has 20 heavy (non-hydrogen) atoms. The summed E-state index contributed by atoms with van der Waals surface area (Å²) in [6, 6.07) is 4.68. The number of hydrogen-bond donors (Lipinski definition) is 2. The van der Waals surface area contributed by atoms with Crippen molar-refractivity contribution in [2.45, 2.75) is 0 Å². The second-order valence-electron chi connectivity index (χ2n) is 3.82. The van der Waals surface area contributed by atoms with E-state index in [0.29, 0.717) is 6.07 Å². The van der Waals surface area contributed by atoms with Gasteiger partial charge in [-0.25, -0.2) is 22.4 Å². The first kappa shape index (κ1) is 13.9. The van der Waals surface area contributed by atoms with E-state index in [1.165, 1.54) is 0 Å². The number of nitrogens with one attached hydrogen (secondary N) is 1. The fourth-order valence-electron chi connectivity index (χ4n) is 1.59. The molecule has 0 saturated heterocycles. The number of halogens is 4. The summed E-state index contributed by atoms with van der Waals surface area (Å²) in [6.07, 6.45) is 0. The first-order chi connectivity index (χ1) is 9.41. The Bertz CT molecular complexity index is 688. The second-order valence-corrected chi connectivity index (χ2v) is 3.82. The molecule has 3 nitrogen and oxygen atoms in total. The summed E-state index contributed by atoms with van der Waals surface area (Å²) < 4.78 is 52.9. The number of carboxylic acids is 1. The molecule has 7 heteroatoms. The lowest BCUT2D eigenvalue weighted by Crippen LogP contribution is -2.06. The zero-order chi connectivity index (χ0) is 14.9. The molecule has 0 aliphatic carbocycles. The van der Waals surface area contributed by atoms with E-state index in [0.717, 1.165) is 24.3 Å². The number of carboxylic acid groups (broad SMARTS) is 1. The number of anilines is 2. The molecule has 0 unspecified atom stereocenters. The maximum atomic E-state index is 13.6. The highest BCUT2D eigenvalue weighted by Gasteiger charge is 2.18. The van der Waals surface area contributed by atoms with E-state index in [2.05, 4.69) is 5.32 Å². The van der Waals surface area contributed by atoms with E-state index in [-0.39, 0.29) is 0 Å². The Balaban J connectivity index is 2.51. The minimum Gasteiger partial charge on any atom is -0.478 e. The van der Waals surface area contributed by atoms with Gasteiger partial charge in [0.1, 0.15) is 5.82 Å². The molecule has 0 heterocycles. The molecule has 0 fully saturated rings. The van der Waals surface area contributed by atoms with E-state index in [1.54, 1.807) is 0 Å². The number of carbonyl (C=O) groups is 1. The van der Waals surface area contributed by atoms with Crippen LogP contribution in [0.2, 0.25) is 0 Å². The lowest BCUT2D eigenvalue weighted by atomic mass is 10.1. The number of para-hydroxylation sites is 1. The molecule has 104 valence electrons. The average molecular weight is 285 g/mol. The molecule has 0 aromatic heterocycles. The largest absolute Gasteiger partial charge is 0.478 e. The van der Waals surface area contributed by atoms with Crippen LogP contribution in [0.1, 0.15) is 10.4 Å². The lowest BCUT2D eigenvalue weighted by molar-refractivity contribution is 0.0697. The van der Waals surface area contributed by atoms with Crippen LogP contribution >= 0.6 is 0 Å². The highest BCUT2D eigenvalue weighted by atomic mass is 19.2. The van der Waals surface area contributed by atoms with E-state index in [1.807, 2.05) is 0 Å². The Hall–Kier alpha value is -2.57. The number of hydrogen-bond acceptors (Lipinski definition) is 2. The molecule has 0 saturated carbocycles. The van der Waals surface area contributed by atoms with Gasteiger partial charge in [-0.05, 0) is 24.3 Å². The van der Waals surface area contributed by atoms with Crippen LogP contribution in [0, 0.1) is 23.3 Å². The van der Waals surface area contributed by atoms with Gasteiger partial charge in [-0.1, -0.05) is 6.07 Å². The van der Waals surface area contributed by atoms with E-state index >= 15 is 0 Å². The van der Waals surface area contributed by atoms with Gasteiger partial charge < -0.3 is 10.4 Å². The van der Waals surface area contributed by atoms with Crippen LogP contribution in [-0.2, 0) is 0 Å². The van der Waals surface area contributed by atoms with Crippen molar-refractivity contribution in [1.82, 2.24) is 0 Å². The summed E-state index contributed by atoms with van der Waals surface area (Å²) in [6.45, 7) is 0. The van der Waals surface area contributed by atoms with E-state index in [9.17, 15) is 22.4 Å². The fraction of sp³-hybridized carbons (Fsp3) is 0.